The number of thioether (sulfide) groups is 1. The normalized spacial score (nSPS) is 16.1. The second-order valence-corrected chi connectivity index (χ2v) is 6.16. The SMILES string of the molecule is C=C(CC)SC(C)(OC)C(CC=C(C)C)NC. The van der Waals surface area contributed by atoms with Gasteiger partial charge in [0.05, 0.1) is 0 Å². The molecule has 0 fully saturated rings. The van der Waals surface area contributed by atoms with E-state index in [-0.39, 0.29) is 11.0 Å². The molecule has 0 aliphatic heterocycles. The molecule has 0 amide bonds. The molecule has 0 aromatic heterocycles. The number of hydrogen-bond donors (Lipinski definition) is 1. The Morgan fingerprint density at radius 2 is 2.12 bits per heavy atom. The van der Waals surface area contributed by atoms with Crippen molar-refractivity contribution in [2.75, 3.05) is 14.2 Å². The zero-order valence-electron chi connectivity index (χ0n) is 12.1. The highest BCUT2D eigenvalue weighted by atomic mass is 32.2. The minimum Gasteiger partial charge on any atom is -0.366 e. The number of ether oxygens (including phenoxy) is 1. The summed E-state index contributed by atoms with van der Waals surface area (Å²) in [7, 11) is 3.75. The van der Waals surface area contributed by atoms with Crippen molar-refractivity contribution in [3.05, 3.63) is 23.1 Å². The third-order valence-electron chi connectivity index (χ3n) is 2.89. The number of nitrogens with one attached hydrogen (secondary N) is 1. The summed E-state index contributed by atoms with van der Waals surface area (Å²) in [6.45, 7) is 12.5. The van der Waals surface area contributed by atoms with Crippen LogP contribution in [0.15, 0.2) is 23.1 Å². The van der Waals surface area contributed by atoms with Gasteiger partial charge in [-0.25, -0.2) is 0 Å². The lowest BCUT2D eigenvalue weighted by atomic mass is 10.1. The van der Waals surface area contributed by atoms with Crippen LogP contribution in [0.25, 0.3) is 0 Å². The molecule has 0 aliphatic carbocycles. The third kappa shape index (κ3) is 5.75. The van der Waals surface area contributed by atoms with Crippen LogP contribution < -0.4 is 5.32 Å². The molecule has 0 aromatic carbocycles. The molecule has 2 unspecified atom stereocenters. The smallest absolute Gasteiger partial charge is 0.130 e. The molecule has 2 nitrogen and oxygen atoms in total. The summed E-state index contributed by atoms with van der Waals surface area (Å²) in [4.78, 5) is 0.889. The second-order valence-electron chi connectivity index (χ2n) is 4.57. The quantitative estimate of drug-likeness (QED) is 0.525. The van der Waals surface area contributed by atoms with E-state index in [1.54, 1.807) is 18.9 Å². The molecule has 0 heterocycles. The molecule has 0 bridgehead atoms. The minimum absolute atomic E-state index is 0.270. The van der Waals surface area contributed by atoms with Crippen molar-refractivity contribution in [2.45, 2.75) is 51.5 Å². The van der Waals surface area contributed by atoms with Crippen LogP contribution in [0.5, 0.6) is 0 Å². The van der Waals surface area contributed by atoms with Crippen molar-refractivity contribution < 1.29 is 4.74 Å². The Kier molecular flexibility index (Phi) is 7.84. The van der Waals surface area contributed by atoms with E-state index >= 15 is 0 Å². The van der Waals surface area contributed by atoms with Crippen LogP contribution >= 0.6 is 11.8 Å². The molecule has 0 radical (unpaired) electrons. The lowest BCUT2D eigenvalue weighted by molar-refractivity contribution is 0.0561. The van der Waals surface area contributed by atoms with Crippen molar-refractivity contribution in [3.8, 4) is 0 Å². The Hall–Kier alpha value is -0.250. The first kappa shape index (κ1) is 16.8. The monoisotopic (exact) mass is 257 g/mol. The topological polar surface area (TPSA) is 21.3 Å². The van der Waals surface area contributed by atoms with Gasteiger partial charge >= 0.3 is 0 Å². The molecular formula is C14H27NOS. The van der Waals surface area contributed by atoms with Crippen molar-refractivity contribution in [2.24, 2.45) is 0 Å². The molecule has 2 atom stereocenters. The van der Waals surface area contributed by atoms with E-state index in [0.717, 1.165) is 17.7 Å². The minimum atomic E-state index is -0.270. The molecule has 0 saturated carbocycles. The van der Waals surface area contributed by atoms with Crippen LogP contribution in [-0.2, 0) is 4.74 Å². The van der Waals surface area contributed by atoms with Gasteiger partial charge < -0.3 is 10.1 Å². The van der Waals surface area contributed by atoms with Crippen LogP contribution in [0.4, 0.5) is 0 Å². The summed E-state index contributed by atoms with van der Waals surface area (Å²) in [5, 5.41) is 3.35. The van der Waals surface area contributed by atoms with E-state index < -0.39 is 0 Å². The van der Waals surface area contributed by atoms with Gasteiger partial charge in [0.25, 0.3) is 0 Å². The van der Waals surface area contributed by atoms with E-state index in [1.807, 2.05) is 7.05 Å². The number of hydrogen-bond acceptors (Lipinski definition) is 3. The van der Waals surface area contributed by atoms with Gasteiger partial charge in [-0.15, -0.1) is 0 Å². The van der Waals surface area contributed by atoms with Gasteiger partial charge in [0.15, 0.2) is 0 Å². The molecule has 0 aromatic rings. The van der Waals surface area contributed by atoms with Crippen molar-refractivity contribution in [3.63, 3.8) is 0 Å². The predicted octanol–water partition coefficient (Wildman–Crippen LogP) is 3.95. The lowest BCUT2D eigenvalue weighted by Gasteiger charge is -2.35. The van der Waals surface area contributed by atoms with Crippen molar-refractivity contribution in [1.82, 2.24) is 5.32 Å². The Bertz CT molecular complexity index is 271. The highest BCUT2D eigenvalue weighted by Crippen LogP contribution is 2.37. The molecule has 100 valence electrons. The summed E-state index contributed by atoms with van der Waals surface area (Å²) in [6.07, 6.45) is 4.18. The van der Waals surface area contributed by atoms with E-state index in [4.69, 9.17) is 4.74 Å². The Morgan fingerprint density at radius 3 is 2.47 bits per heavy atom. The van der Waals surface area contributed by atoms with E-state index in [2.05, 4.69) is 45.7 Å². The third-order valence-corrected chi connectivity index (χ3v) is 4.32. The zero-order valence-corrected chi connectivity index (χ0v) is 12.9. The van der Waals surface area contributed by atoms with Crippen LogP contribution in [0, 0.1) is 0 Å². The largest absolute Gasteiger partial charge is 0.366 e. The summed E-state index contributed by atoms with van der Waals surface area (Å²) in [5.74, 6) is 0. The molecule has 0 saturated heterocycles. The summed E-state index contributed by atoms with van der Waals surface area (Å²) >= 11 is 1.72. The molecule has 3 heteroatoms. The van der Waals surface area contributed by atoms with Crippen molar-refractivity contribution in [1.29, 1.82) is 0 Å². The molecular weight excluding hydrogens is 230 g/mol. The van der Waals surface area contributed by atoms with Gasteiger partial charge in [0, 0.05) is 13.2 Å². The fourth-order valence-corrected chi connectivity index (χ4v) is 2.72. The average molecular weight is 257 g/mol. The van der Waals surface area contributed by atoms with Gasteiger partial charge in [0.1, 0.15) is 4.93 Å². The summed E-state index contributed by atoms with van der Waals surface area (Å²) < 4.78 is 5.71. The maximum Gasteiger partial charge on any atom is 0.130 e. The van der Waals surface area contributed by atoms with E-state index in [1.165, 1.54) is 5.57 Å². The lowest BCUT2D eigenvalue weighted by Crippen LogP contribution is -2.46. The number of methoxy groups -OCH3 is 1. The Labute approximate surface area is 111 Å². The Morgan fingerprint density at radius 1 is 1.53 bits per heavy atom. The van der Waals surface area contributed by atoms with Gasteiger partial charge in [-0.05, 0) is 45.6 Å². The van der Waals surface area contributed by atoms with Crippen molar-refractivity contribution >= 4 is 11.8 Å². The van der Waals surface area contributed by atoms with E-state index in [0.29, 0.717) is 0 Å². The van der Waals surface area contributed by atoms with E-state index in [9.17, 15) is 0 Å². The first-order valence-electron chi connectivity index (χ1n) is 6.12. The van der Waals surface area contributed by atoms with Gasteiger partial charge in [-0.3, -0.25) is 0 Å². The number of likely N-dealkylation sites (N-methyl/N-ethyl adjacent to an activating group) is 1. The van der Waals surface area contributed by atoms with Crippen LogP contribution in [0.1, 0.15) is 40.5 Å². The first-order valence-corrected chi connectivity index (χ1v) is 6.93. The maximum absolute atomic E-state index is 5.71. The molecule has 0 rings (SSSR count). The highest BCUT2D eigenvalue weighted by molar-refractivity contribution is 8.04. The molecule has 1 N–H and O–H groups in total. The summed E-state index contributed by atoms with van der Waals surface area (Å²) in [6, 6.07) is 0.274. The maximum atomic E-state index is 5.71. The first-order chi connectivity index (χ1) is 7.89. The molecule has 17 heavy (non-hydrogen) atoms. The predicted molar refractivity (Wildman–Crippen MR) is 79.3 cm³/mol. The van der Waals surface area contributed by atoms with Gasteiger partial charge in [-0.1, -0.05) is 36.9 Å². The standard InChI is InChI=1S/C14H27NOS/c1-8-12(4)17-14(5,16-7)13(15-6)10-9-11(2)3/h9,13,15H,4,8,10H2,1-3,5-7H3. The van der Waals surface area contributed by atoms with Crippen LogP contribution in [-0.4, -0.2) is 25.1 Å². The molecule has 0 aliphatic rings. The number of rotatable bonds is 8. The molecule has 0 spiro atoms. The zero-order chi connectivity index (χ0) is 13.5. The highest BCUT2D eigenvalue weighted by Gasteiger charge is 2.33. The second kappa shape index (κ2) is 7.96. The summed E-state index contributed by atoms with van der Waals surface area (Å²) in [5.41, 5.74) is 1.34. The average Bonchev–Trinajstić information content (AvgIpc) is 2.29. The fraction of sp³-hybridized carbons (Fsp3) is 0.714. The van der Waals surface area contributed by atoms with Gasteiger partial charge in [0.2, 0.25) is 0 Å². The van der Waals surface area contributed by atoms with Gasteiger partial charge in [-0.2, -0.15) is 0 Å². The Balaban J connectivity index is 4.76. The number of allylic oxidation sites excluding steroid dienone is 2. The fourth-order valence-electron chi connectivity index (χ4n) is 1.56. The van der Waals surface area contributed by atoms with Crippen LogP contribution in [0.2, 0.25) is 0 Å². The van der Waals surface area contributed by atoms with Crippen LogP contribution in [0.3, 0.4) is 0 Å².